The lowest BCUT2D eigenvalue weighted by Crippen LogP contribution is -2.36. The summed E-state index contributed by atoms with van der Waals surface area (Å²) in [6.45, 7) is 3.09. The molecule has 5 nitrogen and oxygen atoms in total. The van der Waals surface area contributed by atoms with Gasteiger partial charge in [0.15, 0.2) is 0 Å². The summed E-state index contributed by atoms with van der Waals surface area (Å²) < 4.78 is 5.44. The van der Waals surface area contributed by atoms with Gasteiger partial charge in [-0.25, -0.2) is 4.98 Å². The Labute approximate surface area is 140 Å². The van der Waals surface area contributed by atoms with Crippen molar-refractivity contribution in [1.82, 2.24) is 9.97 Å². The van der Waals surface area contributed by atoms with Crippen molar-refractivity contribution in [2.75, 3.05) is 31.2 Å². The first-order valence-electron chi connectivity index (χ1n) is 7.94. The predicted octanol–water partition coefficient (Wildman–Crippen LogP) is 3.01. The van der Waals surface area contributed by atoms with Crippen LogP contribution < -0.4 is 4.90 Å². The van der Waals surface area contributed by atoms with Gasteiger partial charge in [-0.1, -0.05) is 18.2 Å². The summed E-state index contributed by atoms with van der Waals surface area (Å²) in [6, 6.07) is 15.8. The van der Waals surface area contributed by atoms with Gasteiger partial charge in [0.1, 0.15) is 5.82 Å². The van der Waals surface area contributed by atoms with Gasteiger partial charge in [0.05, 0.1) is 36.1 Å². The van der Waals surface area contributed by atoms with Gasteiger partial charge >= 0.3 is 0 Å². The van der Waals surface area contributed by atoms with Gasteiger partial charge in [0, 0.05) is 30.2 Å². The van der Waals surface area contributed by atoms with Gasteiger partial charge in [-0.15, -0.1) is 0 Å². The van der Waals surface area contributed by atoms with Crippen LogP contribution in [0.25, 0.3) is 22.2 Å². The van der Waals surface area contributed by atoms with E-state index in [0.29, 0.717) is 18.8 Å². The first kappa shape index (κ1) is 14.6. The van der Waals surface area contributed by atoms with Gasteiger partial charge in [0.25, 0.3) is 0 Å². The minimum Gasteiger partial charge on any atom is -0.378 e. The number of aromatic nitrogens is 2. The number of benzene rings is 1. The molecule has 4 rings (SSSR count). The van der Waals surface area contributed by atoms with Crippen molar-refractivity contribution in [1.29, 1.82) is 5.26 Å². The molecule has 3 aromatic rings. The summed E-state index contributed by atoms with van der Waals surface area (Å²) in [7, 11) is 0. The fourth-order valence-electron chi connectivity index (χ4n) is 2.96. The lowest BCUT2D eigenvalue weighted by Gasteiger charge is -2.28. The molecule has 0 amide bonds. The number of nitriles is 1. The highest BCUT2D eigenvalue weighted by atomic mass is 16.5. The van der Waals surface area contributed by atoms with Gasteiger partial charge < -0.3 is 9.64 Å². The van der Waals surface area contributed by atoms with Crippen LogP contribution in [0.1, 0.15) is 5.56 Å². The van der Waals surface area contributed by atoms with Crippen molar-refractivity contribution < 1.29 is 4.74 Å². The second-order valence-corrected chi connectivity index (χ2v) is 5.70. The summed E-state index contributed by atoms with van der Waals surface area (Å²) in [5, 5.41) is 10.2. The smallest absolute Gasteiger partial charge is 0.130 e. The molecule has 0 spiro atoms. The molecule has 1 aromatic carbocycles. The van der Waals surface area contributed by atoms with E-state index in [-0.39, 0.29) is 0 Å². The van der Waals surface area contributed by atoms with E-state index in [1.807, 2.05) is 30.3 Å². The van der Waals surface area contributed by atoms with E-state index in [0.717, 1.165) is 41.1 Å². The molecule has 0 N–H and O–H groups in total. The molecule has 0 unspecified atom stereocenters. The van der Waals surface area contributed by atoms with Gasteiger partial charge in [0.2, 0.25) is 0 Å². The maximum absolute atomic E-state index is 9.17. The summed E-state index contributed by atoms with van der Waals surface area (Å²) in [6.07, 6.45) is 1.77. The third-order valence-corrected chi connectivity index (χ3v) is 4.17. The maximum Gasteiger partial charge on any atom is 0.130 e. The van der Waals surface area contributed by atoms with Crippen molar-refractivity contribution in [3.05, 3.63) is 54.2 Å². The minimum absolute atomic E-state index is 0.621. The average Bonchev–Trinajstić information content (AvgIpc) is 2.68. The van der Waals surface area contributed by atoms with E-state index in [1.54, 1.807) is 12.3 Å². The van der Waals surface area contributed by atoms with E-state index in [2.05, 4.69) is 22.0 Å². The molecule has 24 heavy (non-hydrogen) atoms. The van der Waals surface area contributed by atoms with E-state index in [9.17, 15) is 5.26 Å². The number of rotatable bonds is 2. The number of hydrogen-bond acceptors (Lipinski definition) is 5. The zero-order valence-electron chi connectivity index (χ0n) is 13.1. The Balaban J connectivity index is 1.90. The van der Waals surface area contributed by atoms with Crippen LogP contribution in [0.5, 0.6) is 0 Å². The van der Waals surface area contributed by atoms with Crippen LogP contribution in [-0.2, 0) is 4.74 Å². The second kappa shape index (κ2) is 6.26. The van der Waals surface area contributed by atoms with E-state index in [4.69, 9.17) is 9.72 Å². The lowest BCUT2D eigenvalue weighted by atomic mass is 10.1. The molecular weight excluding hydrogens is 300 g/mol. The molecule has 0 atom stereocenters. The quantitative estimate of drug-likeness (QED) is 0.727. The molecule has 3 heterocycles. The topological polar surface area (TPSA) is 62.0 Å². The number of morpholine rings is 1. The fraction of sp³-hybridized carbons (Fsp3) is 0.211. The summed E-state index contributed by atoms with van der Waals surface area (Å²) in [5.74, 6) is 0.927. The fourth-order valence-corrected chi connectivity index (χ4v) is 2.96. The molecule has 118 valence electrons. The maximum atomic E-state index is 9.17. The Morgan fingerprint density at radius 1 is 1.08 bits per heavy atom. The highest BCUT2D eigenvalue weighted by molar-refractivity contribution is 5.93. The average molecular weight is 316 g/mol. The zero-order chi connectivity index (χ0) is 16.4. The molecule has 0 bridgehead atoms. The van der Waals surface area contributed by atoms with E-state index < -0.39 is 0 Å². The van der Waals surface area contributed by atoms with Crippen molar-refractivity contribution >= 4 is 16.7 Å². The monoisotopic (exact) mass is 316 g/mol. The van der Waals surface area contributed by atoms with E-state index >= 15 is 0 Å². The van der Waals surface area contributed by atoms with Crippen LogP contribution >= 0.6 is 0 Å². The van der Waals surface area contributed by atoms with Crippen molar-refractivity contribution in [2.45, 2.75) is 0 Å². The first-order valence-corrected chi connectivity index (χ1v) is 7.94. The van der Waals surface area contributed by atoms with Crippen LogP contribution in [0.4, 0.5) is 5.82 Å². The highest BCUT2D eigenvalue weighted by Gasteiger charge is 2.16. The molecule has 1 aliphatic rings. The van der Waals surface area contributed by atoms with Gasteiger partial charge in [-0.3, -0.25) is 4.98 Å². The Morgan fingerprint density at radius 3 is 2.79 bits per heavy atom. The lowest BCUT2D eigenvalue weighted by molar-refractivity contribution is 0.122. The number of nitrogens with zero attached hydrogens (tertiary/aromatic N) is 4. The molecular formula is C19H16N4O. The summed E-state index contributed by atoms with van der Waals surface area (Å²) in [5.41, 5.74) is 3.19. The number of hydrogen-bond donors (Lipinski definition) is 0. The van der Waals surface area contributed by atoms with Crippen molar-refractivity contribution in [2.24, 2.45) is 0 Å². The molecule has 5 heteroatoms. The molecule has 1 saturated heterocycles. The number of anilines is 1. The number of ether oxygens (including phenoxy) is 1. The van der Waals surface area contributed by atoms with E-state index in [1.165, 1.54) is 0 Å². The van der Waals surface area contributed by atoms with Crippen LogP contribution in [0.15, 0.2) is 48.7 Å². The third kappa shape index (κ3) is 2.68. The molecule has 2 aromatic heterocycles. The van der Waals surface area contributed by atoms with Gasteiger partial charge in [-0.2, -0.15) is 5.26 Å². The SMILES string of the molecule is N#Cc1cccc(-c2nc(N3CCOCC3)cc3cccnc23)c1. The van der Waals surface area contributed by atoms with Gasteiger partial charge in [-0.05, 0) is 24.3 Å². The third-order valence-electron chi connectivity index (χ3n) is 4.17. The van der Waals surface area contributed by atoms with Crippen LogP contribution in [0, 0.1) is 11.3 Å². The number of pyridine rings is 2. The normalized spacial score (nSPS) is 14.5. The second-order valence-electron chi connectivity index (χ2n) is 5.70. The molecule has 0 aliphatic carbocycles. The summed E-state index contributed by atoms with van der Waals surface area (Å²) >= 11 is 0. The van der Waals surface area contributed by atoms with Crippen LogP contribution in [0.3, 0.4) is 0 Å². The van der Waals surface area contributed by atoms with Crippen molar-refractivity contribution in [3.63, 3.8) is 0 Å². The molecule has 1 fully saturated rings. The zero-order valence-corrected chi connectivity index (χ0v) is 13.1. The highest BCUT2D eigenvalue weighted by Crippen LogP contribution is 2.29. The Morgan fingerprint density at radius 2 is 1.96 bits per heavy atom. The Bertz CT molecular complexity index is 926. The molecule has 0 saturated carbocycles. The predicted molar refractivity (Wildman–Crippen MR) is 92.7 cm³/mol. The standard InChI is InChI=1S/C19H16N4O/c20-13-14-3-1-4-15(11-14)19-18-16(5-2-6-21-18)12-17(22-19)23-7-9-24-10-8-23/h1-6,11-12H,7-10H2. The molecule has 1 aliphatic heterocycles. The largest absolute Gasteiger partial charge is 0.378 e. The Hall–Kier alpha value is -2.97. The Kier molecular flexibility index (Phi) is 3.81. The minimum atomic E-state index is 0.621. The molecule has 0 radical (unpaired) electrons. The summed E-state index contributed by atoms with van der Waals surface area (Å²) in [4.78, 5) is 11.6. The number of fused-ring (bicyclic) bond motifs is 1. The van der Waals surface area contributed by atoms with Crippen LogP contribution in [0.2, 0.25) is 0 Å². The van der Waals surface area contributed by atoms with Crippen molar-refractivity contribution in [3.8, 4) is 17.3 Å². The van der Waals surface area contributed by atoms with Crippen LogP contribution in [-0.4, -0.2) is 36.3 Å². The first-order chi connectivity index (χ1) is 11.8.